The molecule has 4 rings (SSSR count). The third-order valence-electron chi connectivity index (χ3n) is 5.16. The second kappa shape index (κ2) is 8.48. The number of amides is 2. The number of piperazine rings is 1. The lowest BCUT2D eigenvalue weighted by atomic mass is 10.2. The number of hydrogen-bond donors (Lipinski definition) is 1. The van der Waals surface area contributed by atoms with Crippen LogP contribution in [0.5, 0.6) is 0 Å². The number of nitrogens with zero attached hydrogens (tertiary/aromatic N) is 4. The van der Waals surface area contributed by atoms with Crippen LogP contribution in [0, 0.1) is 0 Å². The summed E-state index contributed by atoms with van der Waals surface area (Å²) in [5.74, 6) is 0.987. The highest BCUT2D eigenvalue weighted by Crippen LogP contribution is 2.26. The molecule has 3 aromatic rings. The molecule has 0 spiro atoms. The van der Waals surface area contributed by atoms with E-state index in [4.69, 9.17) is 9.72 Å². The third kappa shape index (κ3) is 3.75. The van der Waals surface area contributed by atoms with Gasteiger partial charge in [0.25, 0.3) is 0 Å². The van der Waals surface area contributed by atoms with Crippen molar-refractivity contribution >= 4 is 28.4 Å². The zero-order valence-electron chi connectivity index (χ0n) is 16.3. The first-order valence-corrected chi connectivity index (χ1v) is 9.99. The van der Waals surface area contributed by atoms with Gasteiger partial charge in [-0.3, -0.25) is 0 Å². The number of fused-ring (bicyclic) bond motifs is 3. The van der Waals surface area contributed by atoms with Crippen LogP contribution in [-0.2, 0) is 4.74 Å². The minimum atomic E-state index is 0.00968. The SMILES string of the molecule is CCOCCCNC(=O)N1CCN(c2nc3ccccc3n3cccc23)CC1. The number of para-hydroxylation sites is 2. The highest BCUT2D eigenvalue weighted by atomic mass is 16.5. The van der Waals surface area contributed by atoms with Gasteiger partial charge < -0.3 is 24.3 Å². The van der Waals surface area contributed by atoms with Gasteiger partial charge in [0, 0.05) is 52.1 Å². The van der Waals surface area contributed by atoms with Crippen molar-refractivity contribution < 1.29 is 9.53 Å². The van der Waals surface area contributed by atoms with E-state index < -0.39 is 0 Å². The predicted molar refractivity (Wildman–Crippen MR) is 111 cm³/mol. The summed E-state index contributed by atoms with van der Waals surface area (Å²) in [5, 5.41) is 2.98. The summed E-state index contributed by atoms with van der Waals surface area (Å²) >= 11 is 0. The van der Waals surface area contributed by atoms with Crippen LogP contribution in [0.3, 0.4) is 0 Å². The Hall–Kier alpha value is -2.80. The molecule has 0 aliphatic carbocycles. The van der Waals surface area contributed by atoms with Crippen molar-refractivity contribution in [2.75, 3.05) is 50.8 Å². The third-order valence-corrected chi connectivity index (χ3v) is 5.16. The zero-order chi connectivity index (χ0) is 19.3. The lowest BCUT2D eigenvalue weighted by Crippen LogP contribution is -2.52. The Kier molecular flexibility index (Phi) is 5.62. The van der Waals surface area contributed by atoms with Gasteiger partial charge in [0.15, 0.2) is 5.82 Å². The second-order valence-corrected chi connectivity index (χ2v) is 6.94. The van der Waals surface area contributed by atoms with Gasteiger partial charge in [-0.25, -0.2) is 9.78 Å². The first-order chi connectivity index (χ1) is 13.8. The maximum atomic E-state index is 12.4. The molecule has 0 bridgehead atoms. The number of rotatable bonds is 6. The number of hydrogen-bond acceptors (Lipinski definition) is 4. The Morgan fingerprint density at radius 1 is 1.11 bits per heavy atom. The molecule has 2 aromatic heterocycles. The van der Waals surface area contributed by atoms with E-state index in [0.29, 0.717) is 32.8 Å². The minimum absolute atomic E-state index is 0.00968. The molecule has 0 atom stereocenters. The van der Waals surface area contributed by atoms with Gasteiger partial charge in [-0.15, -0.1) is 0 Å². The molecule has 28 heavy (non-hydrogen) atoms. The molecular weight excluding hydrogens is 354 g/mol. The highest BCUT2D eigenvalue weighted by molar-refractivity contribution is 5.85. The molecule has 3 heterocycles. The van der Waals surface area contributed by atoms with E-state index in [1.165, 1.54) is 0 Å². The maximum absolute atomic E-state index is 12.4. The maximum Gasteiger partial charge on any atom is 0.317 e. The van der Waals surface area contributed by atoms with E-state index in [-0.39, 0.29) is 6.03 Å². The number of nitrogens with one attached hydrogen (secondary N) is 1. The summed E-state index contributed by atoms with van der Waals surface area (Å²) in [5.41, 5.74) is 3.19. The fourth-order valence-electron chi connectivity index (χ4n) is 3.69. The first-order valence-electron chi connectivity index (χ1n) is 9.99. The highest BCUT2D eigenvalue weighted by Gasteiger charge is 2.23. The van der Waals surface area contributed by atoms with E-state index >= 15 is 0 Å². The van der Waals surface area contributed by atoms with E-state index in [2.05, 4.69) is 39.0 Å². The largest absolute Gasteiger partial charge is 0.382 e. The van der Waals surface area contributed by atoms with E-state index in [0.717, 1.165) is 41.9 Å². The topological polar surface area (TPSA) is 62.1 Å². The van der Waals surface area contributed by atoms with Gasteiger partial charge in [-0.1, -0.05) is 12.1 Å². The number of benzene rings is 1. The zero-order valence-corrected chi connectivity index (χ0v) is 16.3. The van der Waals surface area contributed by atoms with Gasteiger partial charge in [-0.2, -0.15) is 0 Å². The summed E-state index contributed by atoms with van der Waals surface area (Å²) in [6.45, 7) is 6.97. The standard InChI is InChI=1S/C21H27N5O2/c1-2-28-16-6-10-22-21(27)25-14-12-24(13-15-25)20-19-9-5-11-26(19)18-8-4-3-7-17(18)23-20/h3-5,7-9,11H,2,6,10,12-16H2,1H3,(H,22,27). The van der Waals surface area contributed by atoms with Crippen LogP contribution in [0.15, 0.2) is 42.6 Å². The van der Waals surface area contributed by atoms with Crippen molar-refractivity contribution in [2.24, 2.45) is 0 Å². The average molecular weight is 381 g/mol. The molecule has 7 heteroatoms. The van der Waals surface area contributed by atoms with Crippen LogP contribution >= 0.6 is 0 Å². The molecule has 1 saturated heterocycles. The molecule has 0 radical (unpaired) electrons. The normalized spacial score (nSPS) is 14.8. The fraction of sp³-hybridized carbons (Fsp3) is 0.429. The summed E-state index contributed by atoms with van der Waals surface area (Å²) in [6.07, 6.45) is 2.92. The summed E-state index contributed by atoms with van der Waals surface area (Å²) in [6, 6.07) is 12.4. The van der Waals surface area contributed by atoms with Gasteiger partial charge in [0.2, 0.25) is 0 Å². The monoisotopic (exact) mass is 381 g/mol. The van der Waals surface area contributed by atoms with Crippen molar-refractivity contribution in [1.29, 1.82) is 0 Å². The summed E-state index contributed by atoms with van der Waals surface area (Å²) < 4.78 is 7.49. The average Bonchev–Trinajstić information content (AvgIpc) is 3.23. The van der Waals surface area contributed by atoms with Crippen LogP contribution in [0.25, 0.3) is 16.6 Å². The van der Waals surface area contributed by atoms with Gasteiger partial charge in [0.1, 0.15) is 0 Å². The van der Waals surface area contributed by atoms with Crippen LogP contribution in [0.1, 0.15) is 13.3 Å². The molecule has 1 aliphatic rings. The number of carbonyl (C=O) groups excluding carboxylic acids is 1. The lowest BCUT2D eigenvalue weighted by molar-refractivity contribution is 0.143. The van der Waals surface area contributed by atoms with Crippen LogP contribution in [0.2, 0.25) is 0 Å². The Balaban J connectivity index is 1.41. The first kappa shape index (κ1) is 18.6. The molecule has 1 N–H and O–H groups in total. The Labute approximate surface area is 164 Å². The quantitative estimate of drug-likeness (QED) is 0.667. The molecule has 0 unspecified atom stereocenters. The summed E-state index contributed by atoms with van der Waals surface area (Å²) in [4.78, 5) is 21.4. The lowest BCUT2D eigenvalue weighted by Gasteiger charge is -2.35. The molecule has 1 fully saturated rings. The van der Waals surface area contributed by atoms with Gasteiger partial charge in [-0.05, 0) is 37.6 Å². The van der Waals surface area contributed by atoms with Gasteiger partial charge >= 0.3 is 6.03 Å². The Morgan fingerprint density at radius 2 is 1.89 bits per heavy atom. The van der Waals surface area contributed by atoms with Crippen LogP contribution < -0.4 is 10.2 Å². The van der Waals surface area contributed by atoms with E-state index in [1.807, 2.05) is 30.0 Å². The number of carbonyl (C=O) groups is 1. The van der Waals surface area contributed by atoms with Crippen LogP contribution in [-0.4, -0.2) is 66.3 Å². The molecule has 1 aromatic carbocycles. The van der Waals surface area contributed by atoms with Crippen molar-refractivity contribution in [3.8, 4) is 0 Å². The number of urea groups is 1. The number of aromatic nitrogens is 2. The van der Waals surface area contributed by atoms with E-state index in [9.17, 15) is 4.79 Å². The van der Waals surface area contributed by atoms with Crippen LogP contribution in [0.4, 0.5) is 10.6 Å². The second-order valence-electron chi connectivity index (χ2n) is 6.94. The Bertz CT molecular complexity index is 946. The Morgan fingerprint density at radius 3 is 2.71 bits per heavy atom. The number of ether oxygens (including phenoxy) is 1. The minimum Gasteiger partial charge on any atom is -0.382 e. The number of anilines is 1. The predicted octanol–water partition coefficient (Wildman–Crippen LogP) is 2.75. The van der Waals surface area contributed by atoms with Crippen molar-refractivity contribution in [1.82, 2.24) is 19.6 Å². The molecule has 1 aliphatic heterocycles. The van der Waals surface area contributed by atoms with Crippen molar-refractivity contribution in [2.45, 2.75) is 13.3 Å². The fourth-order valence-corrected chi connectivity index (χ4v) is 3.69. The smallest absolute Gasteiger partial charge is 0.317 e. The molecule has 7 nitrogen and oxygen atoms in total. The van der Waals surface area contributed by atoms with Crippen molar-refractivity contribution in [3.05, 3.63) is 42.6 Å². The molecule has 148 valence electrons. The molecule has 0 saturated carbocycles. The molecule has 2 amide bonds. The summed E-state index contributed by atoms with van der Waals surface area (Å²) in [7, 11) is 0. The van der Waals surface area contributed by atoms with Crippen molar-refractivity contribution in [3.63, 3.8) is 0 Å². The van der Waals surface area contributed by atoms with E-state index in [1.54, 1.807) is 0 Å². The molecular formula is C21H27N5O2. The van der Waals surface area contributed by atoms with Gasteiger partial charge in [0.05, 0.1) is 16.6 Å².